The van der Waals surface area contributed by atoms with Crippen molar-refractivity contribution < 1.29 is 13.2 Å². The van der Waals surface area contributed by atoms with Gasteiger partial charge in [0.25, 0.3) is 5.91 Å². The molecule has 1 N–H and O–H groups in total. The van der Waals surface area contributed by atoms with Crippen LogP contribution in [-0.4, -0.2) is 36.4 Å². The van der Waals surface area contributed by atoms with Gasteiger partial charge in [0.1, 0.15) is 0 Å². The number of aromatic nitrogens is 2. The highest BCUT2D eigenvalue weighted by Crippen LogP contribution is 2.26. The molecule has 1 aromatic heterocycles. The van der Waals surface area contributed by atoms with Gasteiger partial charge >= 0.3 is 0 Å². The van der Waals surface area contributed by atoms with Gasteiger partial charge in [0.15, 0.2) is 0 Å². The van der Waals surface area contributed by atoms with Crippen LogP contribution in [0.25, 0.3) is 11.1 Å². The van der Waals surface area contributed by atoms with Gasteiger partial charge in [-0.05, 0) is 59.0 Å². The summed E-state index contributed by atoms with van der Waals surface area (Å²) in [6.45, 7) is 1.58. The van der Waals surface area contributed by atoms with Crippen LogP contribution in [0.2, 0.25) is 0 Å². The van der Waals surface area contributed by atoms with Gasteiger partial charge in [-0.1, -0.05) is 48.5 Å². The second-order valence-corrected chi connectivity index (χ2v) is 10.5. The summed E-state index contributed by atoms with van der Waals surface area (Å²) in [5.74, 6) is -0.0351. The van der Waals surface area contributed by atoms with Crippen LogP contribution >= 0.6 is 0 Å². The zero-order valence-corrected chi connectivity index (χ0v) is 20.0. The number of benzene rings is 3. The smallest absolute Gasteiger partial charge is 0.251 e. The Morgan fingerprint density at radius 1 is 0.943 bits per heavy atom. The van der Waals surface area contributed by atoms with E-state index >= 15 is 0 Å². The van der Waals surface area contributed by atoms with Crippen molar-refractivity contribution in [3.63, 3.8) is 0 Å². The molecule has 0 unspecified atom stereocenters. The van der Waals surface area contributed by atoms with E-state index in [-0.39, 0.29) is 11.7 Å². The first-order valence-corrected chi connectivity index (χ1v) is 13.1. The standard InChI is InChI=1S/C27H26N4O3S/c32-27(23-11-13-25(14-12-23)31-17-4-18-35(31,33)34)28-19-24-5-1-2-6-26(24)22-9-7-21(8-10-22)20-30-16-3-15-29-30/h1-3,5-16H,4,17-20H2,(H,28,32). The van der Waals surface area contributed by atoms with Crippen molar-refractivity contribution in [3.8, 4) is 11.1 Å². The molecule has 3 aromatic carbocycles. The lowest BCUT2D eigenvalue weighted by Crippen LogP contribution is -2.25. The number of sulfonamides is 1. The molecule has 5 rings (SSSR count). The number of nitrogens with zero attached hydrogens (tertiary/aromatic N) is 3. The number of nitrogens with one attached hydrogen (secondary N) is 1. The third kappa shape index (κ3) is 5.12. The Morgan fingerprint density at radius 3 is 2.40 bits per heavy atom. The molecule has 0 saturated carbocycles. The van der Waals surface area contributed by atoms with E-state index in [1.165, 1.54) is 4.31 Å². The molecule has 178 valence electrons. The minimum Gasteiger partial charge on any atom is -0.348 e. The van der Waals surface area contributed by atoms with E-state index in [0.29, 0.717) is 37.3 Å². The van der Waals surface area contributed by atoms with E-state index in [4.69, 9.17) is 0 Å². The van der Waals surface area contributed by atoms with Gasteiger partial charge in [0.05, 0.1) is 18.0 Å². The molecule has 1 amide bonds. The average Bonchev–Trinajstić information content (AvgIpc) is 3.52. The maximum Gasteiger partial charge on any atom is 0.251 e. The van der Waals surface area contributed by atoms with Crippen molar-refractivity contribution >= 4 is 21.6 Å². The predicted octanol–water partition coefficient (Wildman–Crippen LogP) is 4.07. The first-order chi connectivity index (χ1) is 17.0. The van der Waals surface area contributed by atoms with Gasteiger partial charge in [0.2, 0.25) is 10.0 Å². The van der Waals surface area contributed by atoms with Crippen LogP contribution in [0, 0.1) is 0 Å². The van der Waals surface area contributed by atoms with Crippen LogP contribution in [-0.2, 0) is 23.1 Å². The molecule has 0 bridgehead atoms. The lowest BCUT2D eigenvalue weighted by Gasteiger charge is -2.17. The highest BCUT2D eigenvalue weighted by molar-refractivity contribution is 7.93. The summed E-state index contributed by atoms with van der Waals surface area (Å²) in [5, 5.41) is 7.24. The molecule has 1 aliphatic heterocycles. The largest absolute Gasteiger partial charge is 0.348 e. The Bertz CT molecular complexity index is 1410. The molecule has 0 radical (unpaired) electrons. The summed E-state index contributed by atoms with van der Waals surface area (Å²) in [6.07, 6.45) is 4.33. The minimum absolute atomic E-state index is 0.168. The Kier molecular flexibility index (Phi) is 6.37. The van der Waals surface area contributed by atoms with Gasteiger partial charge in [-0.2, -0.15) is 5.10 Å². The lowest BCUT2D eigenvalue weighted by molar-refractivity contribution is 0.0951. The second kappa shape index (κ2) is 9.76. The summed E-state index contributed by atoms with van der Waals surface area (Å²) in [4.78, 5) is 12.8. The highest BCUT2D eigenvalue weighted by Gasteiger charge is 2.28. The molecular formula is C27H26N4O3S. The molecule has 2 heterocycles. The van der Waals surface area contributed by atoms with Crippen LogP contribution < -0.4 is 9.62 Å². The number of anilines is 1. The van der Waals surface area contributed by atoms with Crippen molar-refractivity contribution in [1.29, 1.82) is 0 Å². The third-order valence-corrected chi connectivity index (χ3v) is 8.01. The Balaban J connectivity index is 1.25. The number of carbonyl (C=O) groups excluding carboxylic acids is 1. The van der Waals surface area contributed by atoms with Crippen LogP contribution in [0.5, 0.6) is 0 Å². The van der Waals surface area contributed by atoms with Gasteiger partial charge < -0.3 is 5.32 Å². The predicted molar refractivity (Wildman–Crippen MR) is 137 cm³/mol. The molecule has 0 spiro atoms. The molecule has 0 aliphatic carbocycles. The Labute approximate surface area is 205 Å². The van der Waals surface area contributed by atoms with Crippen molar-refractivity contribution in [2.75, 3.05) is 16.6 Å². The minimum atomic E-state index is -3.24. The molecule has 1 fully saturated rings. The zero-order valence-electron chi connectivity index (χ0n) is 19.2. The lowest BCUT2D eigenvalue weighted by atomic mass is 9.98. The first-order valence-electron chi connectivity index (χ1n) is 11.5. The highest BCUT2D eigenvalue weighted by atomic mass is 32.2. The van der Waals surface area contributed by atoms with Crippen molar-refractivity contribution in [1.82, 2.24) is 15.1 Å². The SMILES string of the molecule is O=C(NCc1ccccc1-c1ccc(Cn2cccn2)cc1)c1ccc(N2CCCS2(=O)=O)cc1. The van der Waals surface area contributed by atoms with E-state index in [9.17, 15) is 13.2 Å². The fraction of sp³-hybridized carbons (Fsp3) is 0.185. The van der Waals surface area contributed by atoms with Gasteiger partial charge in [-0.25, -0.2) is 8.42 Å². The van der Waals surface area contributed by atoms with Crippen LogP contribution in [0.3, 0.4) is 0 Å². The van der Waals surface area contributed by atoms with E-state index < -0.39 is 10.0 Å². The first kappa shape index (κ1) is 22.9. The van der Waals surface area contributed by atoms with Crippen LogP contribution in [0.15, 0.2) is 91.3 Å². The molecule has 0 atom stereocenters. The van der Waals surface area contributed by atoms with Crippen molar-refractivity contribution in [2.45, 2.75) is 19.5 Å². The summed E-state index contributed by atoms with van der Waals surface area (Å²) in [6, 6.07) is 25.0. The number of hydrogen-bond donors (Lipinski definition) is 1. The maximum atomic E-state index is 12.8. The molecular weight excluding hydrogens is 460 g/mol. The van der Waals surface area contributed by atoms with E-state index in [0.717, 1.165) is 22.3 Å². The molecule has 7 nitrogen and oxygen atoms in total. The molecule has 8 heteroatoms. The summed E-state index contributed by atoms with van der Waals surface area (Å²) in [7, 11) is -3.24. The quantitative estimate of drug-likeness (QED) is 0.427. The summed E-state index contributed by atoms with van der Waals surface area (Å²) in [5.41, 5.74) is 5.41. The van der Waals surface area contributed by atoms with Gasteiger partial charge in [0, 0.05) is 31.0 Å². The van der Waals surface area contributed by atoms with Crippen LogP contribution in [0.1, 0.15) is 27.9 Å². The topological polar surface area (TPSA) is 84.3 Å². The van der Waals surface area contributed by atoms with Gasteiger partial charge in [-0.15, -0.1) is 0 Å². The molecule has 1 aliphatic rings. The normalized spacial score (nSPS) is 14.7. The summed E-state index contributed by atoms with van der Waals surface area (Å²) < 4.78 is 27.5. The van der Waals surface area contributed by atoms with E-state index in [1.807, 2.05) is 35.1 Å². The fourth-order valence-corrected chi connectivity index (χ4v) is 5.88. The fourth-order valence-electron chi connectivity index (χ4n) is 4.31. The van der Waals surface area contributed by atoms with E-state index in [1.54, 1.807) is 30.5 Å². The molecule has 1 saturated heterocycles. The number of rotatable bonds is 7. The molecule has 35 heavy (non-hydrogen) atoms. The third-order valence-electron chi connectivity index (χ3n) is 6.14. The van der Waals surface area contributed by atoms with Crippen LogP contribution in [0.4, 0.5) is 5.69 Å². The van der Waals surface area contributed by atoms with Crippen molar-refractivity contribution in [3.05, 3.63) is 108 Å². The second-order valence-electron chi connectivity index (χ2n) is 8.53. The Hall–Kier alpha value is -3.91. The number of hydrogen-bond acceptors (Lipinski definition) is 4. The van der Waals surface area contributed by atoms with Crippen molar-refractivity contribution in [2.24, 2.45) is 0 Å². The zero-order chi connectivity index (χ0) is 24.3. The number of carbonyl (C=O) groups is 1. The maximum absolute atomic E-state index is 12.8. The molecule has 4 aromatic rings. The Morgan fingerprint density at radius 2 is 1.71 bits per heavy atom. The average molecular weight is 487 g/mol. The van der Waals surface area contributed by atoms with Gasteiger partial charge in [-0.3, -0.25) is 13.8 Å². The van der Waals surface area contributed by atoms with E-state index in [2.05, 4.69) is 40.7 Å². The number of amides is 1. The monoisotopic (exact) mass is 486 g/mol. The summed E-state index contributed by atoms with van der Waals surface area (Å²) >= 11 is 0.